The molecule has 0 fully saturated rings. The average molecular weight is 414 g/mol. The Balaban J connectivity index is 1.95. The van der Waals surface area contributed by atoms with E-state index in [0.717, 1.165) is 11.3 Å². The Morgan fingerprint density at radius 3 is 2.39 bits per heavy atom. The molecular weight excluding hydrogens is 395 g/mol. The second kappa shape index (κ2) is 6.71. The van der Waals surface area contributed by atoms with Gasteiger partial charge in [0.1, 0.15) is 0 Å². The van der Waals surface area contributed by atoms with E-state index in [1.54, 1.807) is 0 Å². The Labute approximate surface area is 151 Å². The maximum atomic E-state index is 4.65. The first-order valence-corrected chi connectivity index (χ1v) is 8.69. The fourth-order valence-corrected chi connectivity index (χ4v) is 3.08. The molecule has 0 bridgehead atoms. The van der Waals surface area contributed by atoms with Crippen molar-refractivity contribution >= 4 is 34.5 Å². The number of aromatic nitrogens is 1. The van der Waals surface area contributed by atoms with Gasteiger partial charge in [0.05, 0.1) is 5.69 Å². The minimum atomic E-state index is 0.993. The first-order chi connectivity index (χ1) is 11.1. The molecule has 0 unspecified atom stereocenters. The molecule has 3 rings (SSSR count). The quantitative estimate of drug-likeness (QED) is 0.383. The summed E-state index contributed by atoms with van der Waals surface area (Å²) < 4.78 is 3.53. The highest BCUT2D eigenvalue weighted by molar-refractivity contribution is 14.1. The molecule has 0 amide bonds. The lowest BCUT2D eigenvalue weighted by Crippen LogP contribution is -1.98. The van der Waals surface area contributed by atoms with Crippen LogP contribution >= 0.6 is 22.6 Å². The van der Waals surface area contributed by atoms with Crippen LogP contribution in [0.3, 0.4) is 0 Å². The molecule has 1 aromatic heterocycles. The van der Waals surface area contributed by atoms with E-state index >= 15 is 0 Å². The van der Waals surface area contributed by atoms with Crippen LogP contribution in [0.15, 0.2) is 59.6 Å². The van der Waals surface area contributed by atoms with Crippen LogP contribution in [0.1, 0.15) is 22.5 Å². The molecular formula is C20H19IN2. The molecule has 0 N–H and O–H groups in total. The molecule has 0 atom stereocenters. The Morgan fingerprint density at radius 1 is 0.957 bits per heavy atom. The SMILES string of the molecule is Cc1cc(N=Cc2cc(C)n(-c3ccccc3)c2C)ccc1I. The summed E-state index contributed by atoms with van der Waals surface area (Å²) in [6.45, 7) is 6.38. The molecule has 2 aromatic carbocycles. The Hall–Kier alpha value is -1.88. The van der Waals surface area contributed by atoms with E-state index in [1.807, 2.05) is 12.3 Å². The molecule has 3 aromatic rings. The molecule has 2 nitrogen and oxygen atoms in total. The standard InChI is InChI=1S/C20H19IN2/c1-14-11-18(9-10-20(14)21)22-13-17-12-15(2)23(16(17)3)19-7-5-4-6-8-19/h4-13H,1-3H3. The van der Waals surface area contributed by atoms with Gasteiger partial charge in [-0.15, -0.1) is 0 Å². The van der Waals surface area contributed by atoms with Gasteiger partial charge >= 0.3 is 0 Å². The van der Waals surface area contributed by atoms with E-state index < -0.39 is 0 Å². The smallest absolute Gasteiger partial charge is 0.0633 e. The second-order valence-electron chi connectivity index (χ2n) is 5.69. The molecule has 0 aliphatic carbocycles. The normalized spacial score (nSPS) is 11.3. The largest absolute Gasteiger partial charge is 0.318 e. The maximum Gasteiger partial charge on any atom is 0.0633 e. The van der Waals surface area contributed by atoms with Crippen LogP contribution in [0.4, 0.5) is 5.69 Å². The van der Waals surface area contributed by atoms with Gasteiger partial charge in [-0.05, 0) is 85.3 Å². The number of para-hydroxylation sites is 1. The number of aliphatic imine (C=N–C) groups is 1. The van der Waals surface area contributed by atoms with Gasteiger partial charge < -0.3 is 4.57 Å². The molecule has 3 heteroatoms. The number of hydrogen-bond acceptors (Lipinski definition) is 1. The number of hydrogen-bond donors (Lipinski definition) is 0. The summed E-state index contributed by atoms with van der Waals surface area (Å²) in [7, 11) is 0. The number of aryl methyl sites for hydroxylation is 2. The summed E-state index contributed by atoms with van der Waals surface area (Å²) in [4.78, 5) is 4.65. The Kier molecular flexibility index (Phi) is 4.66. The summed E-state index contributed by atoms with van der Waals surface area (Å²) >= 11 is 2.35. The third-order valence-corrected chi connectivity index (χ3v) is 5.19. The van der Waals surface area contributed by atoms with Gasteiger partial charge in [-0.2, -0.15) is 0 Å². The zero-order chi connectivity index (χ0) is 16.4. The topological polar surface area (TPSA) is 17.3 Å². The van der Waals surface area contributed by atoms with Crippen LogP contribution in [-0.2, 0) is 0 Å². The highest BCUT2D eigenvalue weighted by Crippen LogP contribution is 2.22. The van der Waals surface area contributed by atoms with Gasteiger partial charge in [0.25, 0.3) is 0 Å². The van der Waals surface area contributed by atoms with E-state index in [1.165, 1.54) is 26.2 Å². The number of benzene rings is 2. The highest BCUT2D eigenvalue weighted by atomic mass is 127. The predicted octanol–water partition coefficient (Wildman–Crippen LogP) is 5.76. The summed E-state index contributed by atoms with van der Waals surface area (Å²) in [5.74, 6) is 0. The van der Waals surface area contributed by atoms with E-state index in [9.17, 15) is 0 Å². The molecule has 0 aliphatic rings. The first kappa shape index (κ1) is 16.0. The van der Waals surface area contributed by atoms with Crippen LogP contribution in [0, 0.1) is 24.3 Å². The van der Waals surface area contributed by atoms with Crippen molar-refractivity contribution in [2.45, 2.75) is 20.8 Å². The molecule has 0 radical (unpaired) electrons. The molecule has 0 spiro atoms. The van der Waals surface area contributed by atoms with E-state index in [-0.39, 0.29) is 0 Å². The molecule has 23 heavy (non-hydrogen) atoms. The van der Waals surface area contributed by atoms with Gasteiger partial charge in [-0.25, -0.2) is 0 Å². The molecule has 1 heterocycles. The summed E-state index contributed by atoms with van der Waals surface area (Å²) in [5, 5.41) is 0. The molecule has 0 saturated carbocycles. The van der Waals surface area contributed by atoms with Crippen LogP contribution in [0.2, 0.25) is 0 Å². The summed E-state index contributed by atoms with van der Waals surface area (Å²) in [6, 6.07) is 18.9. The van der Waals surface area contributed by atoms with Crippen LogP contribution in [0.25, 0.3) is 5.69 Å². The van der Waals surface area contributed by atoms with Crippen LogP contribution in [0.5, 0.6) is 0 Å². The van der Waals surface area contributed by atoms with Crippen molar-refractivity contribution in [2.75, 3.05) is 0 Å². The van der Waals surface area contributed by atoms with Gasteiger partial charge in [0.15, 0.2) is 0 Å². The van der Waals surface area contributed by atoms with Gasteiger partial charge in [-0.3, -0.25) is 4.99 Å². The minimum absolute atomic E-state index is 0.993. The highest BCUT2D eigenvalue weighted by Gasteiger charge is 2.08. The predicted molar refractivity (Wildman–Crippen MR) is 106 cm³/mol. The monoisotopic (exact) mass is 414 g/mol. The number of rotatable bonds is 3. The first-order valence-electron chi connectivity index (χ1n) is 7.61. The van der Waals surface area contributed by atoms with Gasteiger partial charge in [0.2, 0.25) is 0 Å². The zero-order valence-electron chi connectivity index (χ0n) is 13.5. The minimum Gasteiger partial charge on any atom is -0.318 e. The van der Waals surface area contributed by atoms with Crippen molar-refractivity contribution in [1.29, 1.82) is 0 Å². The molecule has 116 valence electrons. The Bertz CT molecular complexity index is 861. The fraction of sp³-hybridized carbons (Fsp3) is 0.150. The molecule has 0 saturated heterocycles. The fourth-order valence-electron chi connectivity index (χ4n) is 2.75. The zero-order valence-corrected chi connectivity index (χ0v) is 15.7. The lowest BCUT2D eigenvalue weighted by molar-refractivity contribution is 0.965. The van der Waals surface area contributed by atoms with Gasteiger partial charge in [-0.1, -0.05) is 18.2 Å². The van der Waals surface area contributed by atoms with Crippen molar-refractivity contribution in [3.63, 3.8) is 0 Å². The third-order valence-electron chi connectivity index (χ3n) is 3.98. The lowest BCUT2D eigenvalue weighted by atomic mass is 10.2. The van der Waals surface area contributed by atoms with Crippen LogP contribution < -0.4 is 0 Å². The van der Waals surface area contributed by atoms with E-state index in [0.29, 0.717) is 0 Å². The van der Waals surface area contributed by atoms with E-state index in [2.05, 4.69) is 101 Å². The maximum absolute atomic E-state index is 4.65. The molecule has 0 aliphatic heterocycles. The Morgan fingerprint density at radius 2 is 1.70 bits per heavy atom. The number of nitrogens with zero attached hydrogens (tertiary/aromatic N) is 2. The summed E-state index contributed by atoms with van der Waals surface area (Å²) in [6.07, 6.45) is 1.96. The average Bonchev–Trinajstić information content (AvgIpc) is 2.83. The van der Waals surface area contributed by atoms with Crippen molar-refractivity contribution in [3.05, 3.63) is 80.7 Å². The van der Waals surface area contributed by atoms with Crippen molar-refractivity contribution in [3.8, 4) is 5.69 Å². The van der Waals surface area contributed by atoms with E-state index in [4.69, 9.17) is 0 Å². The second-order valence-corrected chi connectivity index (χ2v) is 6.85. The third kappa shape index (κ3) is 3.39. The van der Waals surface area contributed by atoms with Crippen molar-refractivity contribution in [1.82, 2.24) is 4.57 Å². The van der Waals surface area contributed by atoms with Gasteiger partial charge in [0, 0.05) is 32.4 Å². The van der Waals surface area contributed by atoms with Crippen LogP contribution in [-0.4, -0.2) is 10.8 Å². The van der Waals surface area contributed by atoms with Crippen molar-refractivity contribution in [2.24, 2.45) is 4.99 Å². The summed E-state index contributed by atoms with van der Waals surface area (Å²) in [5.41, 5.74) is 7.02. The lowest BCUT2D eigenvalue weighted by Gasteiger charge is -2.09. The van der Waals surface area contributed by atoms with Crippen molar-refractivity contribution < 1.29 is 0 Å². The number of halogens is 1.